The molecule has 0 amide bonds. The van der Waals surface area contributed by atoms with Crippen LogP contribution in [-0.4, -0.2) is 36.1 Å². The Balaban J connectivity index is 1.96. The van der Waals surface area contributed by atoms with Crippen molar-refractivity contribution in [1.29, 1.82) is 0 Å². The highest BCUT2D eigenvalue weighted by atomic mass is 15.3. The predicted molar refractivity (Wildman–Crippen MR) is 86.5 cm³/mol. The molecule has 0 spiro atoms. The zero-order chi connectivity index (χ0) is 14.5. The van der Waals surface area contributed by atoms with Crippen molar-refractivity contribution >= 4 is 5.95 Å². The van der Waals surface area contributed by atoms with E-state index in [4.69, 9.17) is 4.98 Å². The standard InChI is InChI=1S/C17H22N4/c1-2-14-13-19-17(21-11-6-9-18-10-12-21)20-16(14)15-7-4-3-5-8-15/h3-5,7-8,13,18H,2,6,9-12H2,1H3. The monoisotopic (exact) mass is 282 g/mol. The maximum Gasteiger partial charge on any atom is 0.225 e. The quantitative estimate of drug-likeness (QED) is 0.939. The van der Waals surface area contributed by atoms with Gasteiger partial charge in [0.05, 0.1) is 5.69 Å². The number of anilines is 1. The van der Waals surface area contributed by atoms with Gasteiger partial charge in [-0.15, -0.1) is 0 Å². The van der Waals surface area contributed by atoms with Gasteiger partial charge in [0.1, 0.15) is 0 Å². The van der Waals surface area contributed by atoms with Gasteiger partial charge in [-0.2, -0.15) is 0 Å². The maximum atomic E-state index is 4.87. The molecule has 3 rings (SSSR count). The highest BCUT2D eigenvalue weighted by Crippen LogP contribution is 2.23. The molecular weight excluding hydrogens is 260 g/mol. The first-order valence-electron chi connectivity index (χ1n) is 7.75. The fourth-order valence-electron chi connectivity index (χ4n) is 2.70. The van der Waals surface area contributed by atoms with Crippen molar-refractivity contribution in [3.05, 3.63) is 42.1 Å². The van der Waals surface area contributed by atoms with Gasteiger partial charge in [0, 0.05) is 31.4 Å². The van der Waals surface area contributed by atoms with Crippen LogP contribution in [0.4, 0.5) is 5.95 Å². The summed E-state index contributed by atoms with van der Waals surface area (Å²) in [6.07, 6.45) is 4.08. The molecular formula is C17H22N4. The molecule has 0 unspecified atom stereocenters. The van der Waals surface area contributed by atoms with Crippen LogP contribution in [0, 0.1) is 0 Å². The van der Waals surface area contributed by atoms with Crippen LogP contribution in [-0.2, 0) is 6.42 Å². The number of aryl methyl sites for hydroxylation is 1. The van der Waals surface area contributed by atoms with E-state index in [-0.39, 0.29) is 0 Å². The van der Waals surface area contributed by atoms with Crippen molar-refractivity contribution in [2.45, 2.75) is 19.8 Å². The fourth-order valence-corrected chi connectivity index (χ4v) is 2.70. The second-order valence-corrected chi connectivity index (χ2v) is 5.35. The zero-order valence-corrected chi connectivity index (χ0v) is 12.5. The van der Waals surface area contributed by atoms with Crippen molar-refractivity contribution in [2.24, 2.45) is 0 Å². The number of nitrogens with one attached hydrogen (secondary N) is 1. The molecule has 2 aromatic rings. The largest absolute Gasteiger partial charge is 0.339 e. The molecule has 0 atom stereocenters. The van der Waals surface area contributed by atoms with Crippen molar-refractivity contribution in [2.75, 3.05) is 31.1 Å². The molecule has 1 N–H and O–H groups in total. The van der Waals surface area contributed by atoms with E-state index in [1.165, 1.54) is 11.1 Å². The first kappa shape index (κ1) is 14.0. The molecule has 0 bridgehead atoms. The second kappa shape index (κ2) is 6.68. The van der Waals surface area contributed by atoms with E-state index in [0.717, 1.165) is 50.7 Å². The van der Waals surface area contributed by atoms with E-state index in [2.05, 4.69) is 46.4 Å². The minimum absolute atomic E-state index is 0.856. The number of hydrogen-bond acceptors (Lipinski definition) is 4. The Hall–Kier alpha value is -1.94. The Morgan fingerprint density at radius 1 is 1.14 bits per heavy atom. The van der Waals surface area contributed by atoms with E-state index in [1.54, 1.807) is 0 Å². The Bertz CT molecular complexity index is 575. The van der Waals surface area contributed by atoms with Gasteiger partial charge in [0.15, 0.2) is 0 Å². The van der Waals surface area contributed by atoms with Crippen molar-refractivity contribution < 1.29 is 0 Å². The number of rotatable bonds is 3. The summed E-state index contributed by atoms with van der Waals surface area (Å²) >= 11 is 0. The number of nitrogens with zero attached hydrogens (tertiary/aromatic N) is 3. The lowest BCUT2D eigenvalue weighted by molar-refractivity contribution is 0.724. The Kier molecular flexibility index (Phi) is 4.46. The van der Waals surface area contributed by atoms with Crippen LogP contribution in [0.3, 0.4) is 0 Å². The maximum absolute atomic E-state index is 4.87. The number of hydrogen-bond donors (Lipinski definition) is 1. The van der Waals surface area contributed by atoms with Gasteiger partial charge in [-0.3, -0.25) is 0 Å². The minimum Gasteiger partial charge on any atom is -0.339 e. The Labute approximate surface area is 126 Å². The zero-order valence-electron chi connectivity index (χ0n) is 12.5. The van der Waals surface area contributed by atoms with E-state index < -0.39 is 0 Å². The van der Waals surface area contributed by atoms with Crippen molar-refractivity contribution in [1.82, 2.24) is 15.3 Å². The summed E-state index contributed by atoms with van der Waals surface area (Å²) in [4.78, 5) is 11.7. The van der Waals surface area contributed by atoms with Gasteiger partial charge in [-0.25, -0.2) is 9.97 Å². The average molecular weight is 282 g/mol. The third-order valence-corrected chi connectivity index (χ3v) is 3.90. The van der Waals surface area contributed by atoms with Crippen molar-refractivity contribution in [3.8, 4) is 11.3 Å². The second-order valence-electron chi connectivity index (χ2n) is 5.35. The molecule has 110 valence electrons. The first-order valence-corrected chi connectivity index (χ1v) is 7.75. The lowest BCUT2D eigenvalue weighted by Crippen LogP contribution is -2.29. The molecule has 1 aromatic heterocycles. The Morgan fingerprint density at radius 2 is 2.00 bits per heavy atom. The van der Waals surface area contributed by atoms with Gasteiger partial charge >= 0.3 is 0 Å². The van der Waals surface area contributed by atoms with E-state index in [1.807, 2.05) is 12.3 Å². The van der Waals surface area contributed by atoms with Crippen LogP contribution in [0.1, 0.15) is 18.9 Å². The summed E-state index contributed by atoms with van der Waals surface area (Å²) in [6.45, 7) is 6.22. The van der Waals surface area contributed by atoms with Gasteiger partial charge < -0.3 is 10.2 Å². The summed E-state index contributed by atoms with van der Waals surface area (Å²) in [6, 6.07) is 10.4. The summed E-state index contributed by atoms with van der Waals surface area (Å²) in [7, 11) is 0. The molecule has 1 saturated heterocycles. The molecule has 21 heavy (non-hydrogen) atoms. The van der Waals surface area contributed by atoms with Gasteiger partial charge in [-0.1, -0.05) is 37.3 Å². The smallest absolute Gasteiger partial charge is 0.225 e. The summed E-state index contributed by atoms with van der Waals surface area (Å²) in [5.74, 6) is 0.856. The SMILES string of the molecule is CCc1cnc(N2CCCNCC2)nc1-c1ccccc1. The highest BCUT2D eigenvalue weighted by Gasteiger charge is 2.15. The topological polar surface area (TPSA) is 41.1 Å². The molecule has 2 heterocycles. The van der Waals surface area contributed by atoms with Gasteiger partial charge in [0.2, 0.25) is 5.95 Å². The van der Waals surface area contributed by atoms with E-state index in [9.17, 15) is 0 Å². The normalized spacial score (nSPS) is 15.8. The average Bonchev–Trinajstić information content (AvgIpc) is 2.84. The van der Waals surface area contributed by atoms with Crippen LogP contribution >= 0.6 is 0 Å². The minimum atomic E-state index is 0.856. The molecule has 1 aliphatic rings. The molecule has 4 nitrogen and oxygen atoms in total. The van der Waals surface area contributed by atoms with Crippen LogP contribution in [0.25, 0.3) is 11.3 Å². The van der Waals surface area contributed by atoms with E-state index in [0.29, 0.717) is 0 Å². The molecule has 1 aliphatic heterocycles. The van der Waals surface area contributed by atoms with Gasteiger partial charge in [-0.05, 0) is 24.9 Å². The van der Waals surface area contributed by atoms with Crippen LogP contribution < -0.4 is 10.2 Å². The first-order chi connectivity index (χ1) is 10.4. The summed E-state index contributed by atoms with van der Waals surface area (Å²) < 4.78 is 0. The molecule has 4 heteroatoms. The lowest BCUT2D eigenvalue weighted by atomic mass is 10.1. The Morgan fingerprint density at radius 3 is 2.81 bits per heavy atom. The van der Waals surface area contributed by atoms with Crippen LogP contribution in [0.5, 0.6) is 0 Å². The molecule has 1 fully saturated rings. The van der Waals surface area contributed by atoms with Gasteiger partial charge in [0.25, 0.3) is 0 Å². The number of benzene rings is 1. The fraction of sp³-hybridized carbons (Fsp3) is 0.412. The van der Waals surface area contributed by atoms with Crippen LogP contribution in [0.15, 0.2) is 36.5 Å². The lowest BCUT2D eigenvalue weighted by Gasteiger charge is -2.21. The molecule has 0 aliphatic carbocycles. The third kappa shape index (κ3) is 3.22. The highest BCUT2D eigenvalue weighted by molar-refractivity contribution is 5.64. The molecule has 0 radical (unpaired) electrons. The molecule has 0 saturated carbocycles. The third-order valence-electron chi connectivity index (χ3n) is 3.90. The molecule has 1 aromatic carbocycles. The number of aromatic nitrogens is 2. The summed E-state index contributed by atoms with van der Waals surface area (Å²) in [5.41, 5.74) is 3.45. The van der Waals surface area contributed by atoms with Crippen LogP contribution in [0.2, 0.25) is 0 Å². The van der Waals surface area contributed by atoms with E-state index >= 15 is 0 Å². The summed E-state index contributed by atoms with van der Waals surface area (Å²) in [5, 5.41) is 3.42. The predicted octanol–water partition coefficient (Wildman–Crippen LogP) is 2.51. The van der Waals surface area contributed by atoms with Crippen molar-refractivity contribution in [3.63, 3.8) is 0 Å².